The van der Waals surface area contributed by atoms with Crippen molar-refractivity contribution >= 4 is 26.8 Å². The Bertz CT molecular complexity index is 1300. The molecule has 0 bridgehead atoms. The van der Waals surface area contributed by atoms with Crippen LogP contribution < -0.4 is 5.32 Å². The number of hydrogen-bond acceptors (Lipinski definition) is 6. The molecule has 0 unspecified atom stereocenters. The van der Waals surface area contributed by atoms with E-state index < -0.39 is 9.84 Å². The molecule has 1 amide bonds. The fourth-order valence-electron chi connectivity index (χ4n) is 2.83. The standard InChI is InChI=1S/C20H17N5O3S/c1-13-9-21-12-18(25-13)29(27,28)17-4-2-14(3-5-17)10-24-20(26)16-8-15-6-7-22-19(15)23-11-16/h2-9,11-12H,10H2,1H3,(H,22,23)(H,24,26). The van der Waals surface area contributed by atoms with Crippen molar-refractivity contribution < 1.29 is 13.2 Å². The number of nitrogens with zero attached hydrogens (tertiary/aromatic N) is 3. The highest BCUT2D eigenvalue weighted by atomic mass is 32.2. The number of nitrogens with one attached hydrogen (secondary N) is 2. The number of H-pyrrole nitrogens is 1. The van der Waals surface area contributed by atoms with Gasteiger partial charge < -0.3 is 10.3 Å². The van der Waals surface area contributed by atoms with Gasteiger partial charge in [-0.3, -0.25) is 9.78 Å². The lowest BCUT2D eigenvalue weighted by Gasteiger charge is -2.08. The molecule has 9 heteroatoms. The topological polar surface area (TPSA) is 118 Å². The number of carbonyl (C=O) groups excluding carboxylic acids is 1. The lowest BCUT2D eigenvalue weighted by molar-refractivity contribution is 0.0950. The van der Waals surface area contributed by atoms with Gasteiger partial charge in [0.15, 0.2) is 5.03 Å². The molecule has 0 saturated carbocycles. The molecule has 4 rings (SSSR count). The Morgan fingerprint density at radius 2 is 1.90 bits per heavy atom. The molecule has 0 spiro atoms. The van der Waals surface area contributed by atoms with Crippen LogP contribution >= 0.6 is 0 Å². The van der Waals surface area contributed by atoms with Crippen molar-refractivity contribution in [3.63, 3.8) is 0 Å². The van der Waals surface area contributed by atoms with E-state index in [-0.39, 0.29) is 22.4 Å². The summed E-state index contributed by atoms with van der Waals surface area (Å²) in [5, 5.41) is 3.57. The fraction of sp³-hybridized carbons (Fsp3) is 0.100. The Hall–Kier alpha value is -3.59. The highest BCUT2D eigenvalue weighted by Gasteiger charge is 2.19. The van der Waals surface area contributed by atoms with Crippen LogP contribution in [0.4, 0.5) is 0 Å². The van der Waals surface area contributed by atoms with E-state index in [9.17, 15) is 13.2 Å². The summed E-state index contributed by atoms with van der Waals surface area (Å²) in [7, 11) is -3.74. The number of aromatic amines is 1. The molecule has 0 radical (unpaired) electrons. The molecular formula is C20H17N5O3S. The first-order valence-electron chi connectivity index (χ1n) is 8.77. The van der Waals surface area contributed by atoms with E-state index in [1.807, 2.05) is 6.07 Å². The quantitative estimate of drug-likeness (QED) is 0.525. The van der Waals surface area contributed by atoms with Gasteiger partial charge in [0.2, 0.25) is 9.84 Å². The molecule has 146 valence electrons. The minimum atomic E-state index is -3.74. The van der Waals surface area contributed by atoms with Gasteiger partial charge in [0.05, 0.1) is 22.3 Å². The summed E-state index contributed by atoms with van der Waals surface area (Å²) in [6, 6.07) is 9.90. The van der Waals surface area contributed by atoms with Gasteiger partial charge in [0.1, 0.15) is 5.65 Å². The Morgan fingerprint density at radius 1 is 1.10 bits per heavy atom. The number of hydrogen-bond donors (Lipinski definition) is 2. The molecule has 1 aromatic carbocycles. The minimum Gasteiger partial charge on any atom is -0.348 e. The smallest absolute Gasteiger partial charge is 0.253 e. The molecule has 3 heterocycles. The van der Waals surface area contributed by atoms with Crippen molar-refractivity contribution in [1.29, 1.82) is 0 Å². The molecular weight excluding hydrogens is 390 g/mol. The van der Waals surface area contributed by atoms with Crippen LogP contribution in [0.2, 0.25) is 0 Å². The summed E-state index contributed by atoms with van der Waals surface area (Å²) in [6.07, 6.45) is 5.99. The molecule has 3 aromatic heterocycles. The predicted molar refractivity (Wildman–Crippen MR) is 106 cm³/mol. The third-order valence-corrected chi connectivity index (χ3v) is 6.00. The molecule has 29 heavy (non-hydrogen) atoms. The van der Waals surface area contributed by atoms with Gasteiger partial charge in [-0.25, -0.2) is 18.4 Å². The van der Waals surface area contributed by atoms with Crippen LogP contribution in [0.1, 0.15) is 21.6 Å². The van der Waals surface area contributed by atoms with Gasteiger partial charge in [-0.1, -0.05) is 12.1 Å². The Kier molecular flexibility index (Phi) is 4.81. The van der Waals surface area contributed by atoms with Crippen molar-refractivity contribution in [2.45, 2.75) is 23.4 Å². The van der Waals surface area contributed by atoms with Gasteiger partial charge in [0.25, 0.3) is 5.91 Å². The molecule has 0 fully saturated rings. The number of rotatable bonds is 5. The third-order valence-electron chi connectivity index (χ3n) is 4.36. The molecule has 0 aliphatic heterocycles. The highest BCUT2D eigenvalue weighted by molar-refractivity contribution is 7.91. The van der Waals surface area contributed by atoms with Crippen molar-refractivity contribution in [2.24, 2.45) is 0 Å². The number of amides is 1. The van der Waals surface area contributed by atoms with Gasteiger partial charge in [-0.15, -0.1) is 0 Å². The zero-order chi connectivity index (χ0) is 20.4. The Balaban J connectivity index is 1.46. The van der Waals surface area contributed by atoms with Gasteiger partial charge >= 0.3 is 0 Å². The van der Waals surface area contributed by atoms with E-state index in [4.69, 9.17) is 0 Å². The molecule has 0 saturated heterocycles. The Morgan fingerprint density at radius 3 is 2.66 bits per heavy atom. The van der Waals surface area contributed by atoms with Crippen LogP contribution in [0.5, 0.6) is 0 Å². The predicted octanol–water partition coefficient (Wildman–Crippen LogP) is 2.42. The van der Waals surface area contributed by atoms with Gasteiger partial charge in [0, 0.05) is 30.5 Å². The molecule has 0 aliphatic carbocycles. The Labute approximate surface area is 167 Å². The first kappa shape index (κ1) is 18.8. The van der Waals surface area contributed by atoms with E-state index in [1.54, 1.807) is 31.3 Å². The van der Waals surface area contributed by atoms with Crippen LogP contribution in [-0.4, -0.2) is 34.3 Å². The summed E-state index contributed by atoms with van der Waals surface area (Å²) < 4.78 is 25.3. The maximum atomic E-state index is 12.7. The average molecular weight is 407 g/mol. The lowest BCUT2D eigenvalue weighted by atomic mass is 10.2. The number of fused-ring (bicyclic) bond motifs is 1. The van der Waals surface area contributed by atoms with E-state index in [1.165, 1.54) is 30.7 Å². The van der Waals surface area contributed by atoms with Crippen LogP contribution in [-0.2, 0) is 16.4 Å². The normalized spacial score (nSPS) is 11.5. The molecule has 8 nitrogen and oxygen atoms in total. The first-order chi connectivity index (χ1) is 13.9. The minimum absolute atomic E-state index is 0.0915. The largest absolute Gasteiger partial charge is 0.348 e. The molecule has 4 aromatic rings. The van der Waals surface area contributed by atoms with E-state index >= 15 is 0 Å². The van der Waals surface area contributed by atoms with E-state index in [0.717, 1.165) is 16.6 Å². The molecule has 0 aliphatic rings. The number of carbonyl (C=O) groups is 1. The van der Waals surface area contributed by atoms with Crippen molar-refractivity contribution in [1.82, 2.24) is 25.3 Å². The van der Waals surface area contributed by atoms with Crippen LogP contribution in [0.15, 0.2) is 71.1 Å². The number of aromatic nitrogens is 4. The third kappa shape index (κ3) is 3.85. The zero-order valence-electron chi connectivity index (χ0n) is 15.5. The second-order valence-corrected chi connectivity index (χ2v) is 8.36. The number of aryl methyl sites for hydroxylation is 1. The maximum absolute atomic E-state index is 12.7. The number of pyridine rings is 1. The summed E-state index contributed by atoms with van der Waals surface area (Å²) in [5.74, 6) is -0.257. The first-order valence-corrected chi connectivity index (χ1v) is 10.3. The summed E-state index contributed by atoms with van der Waals surface area (Å²) in [4.78, 5) is 27.6. The van der Waals surface area contributed by atoms with E-state index in [2.05, 4.69) is 25.3 Å². The van der Waals surface area contributed by atoms with Crippen LogP contribution in [0.25, 0.3) is 11.0 Å². The van der Waals surface area contributed by atoms with Crippen LogP contribution in [0, 0.1) is 6.92 Å². The van der Waals surface area contributed by atoms with Crippen molar-refractivity contribution in [2.75, 3.05) is 0 Å². The van der Waals surface area contributed by atoms with Crippen molar-refractivity contribution in [3.05, 3.63) is 78.0 Å². The number of benzene rings is 1. The SMILES string of the molecule is Cc1cncc(S(=O)(=O)c2ccc(CNC(=O)c3cnc4[nH]ccc4c3)cc2)n1. The summed E-state index contributed by atoms with van der Waals surface area (Å²) in [6.45, 7) is 1.94. The van der Waals surface area contributed by atoms with E-state index in [0.29, 0.717) is 11.3 Å². The molecule has 0 atom stereocenters. The fourth-order valence-corrected chi connectivity index (χ4v) is 4.03. The summed E-state index contributed by atoms with van der Waals surface area (Å²) in [5.41, 5.74) is 2.46. The van der Waals surface area contributed by atoms with Gasteiger partial charge in [-0.2, -0.15) is 0 Å². The highest BCUT2D eigenvalue weighted by Crippen LogP contribution is 2.19. The van der Waals surface area contributed by atoms with Gasteiger partial charge in [-0.05, 0) is 36.8 Å². The maximum Gasteiger partial charge on any atom is 0.253 e. The second-order valence-electron chi connectivity index (χ2n) is 6.47. The average Bonchev–Trinajstić information content (AvgIpc) is 3.20. The number of sulfone groups is 1. The van der Waals surface area contributed by atoms with Crippen molar-refractivity contribution in [3.8, 4) is 0 Å². The van der Waals surface area contributed by atoms with Crippen LogP contribution in [0.3, 0.4) is 0 Å². The zero-order valence-corrected chi connectivity index (χ0v) is 16.3. The molecule has 2 N–H and O–H groups in total. The second kappa shape index (κ2) is 7.44. The lowest BCUT2D eigenvalue weighted by Crippen LogP contribution is -2.22. The summed E-state index contributed by atoms with van der Waals surface area (Å²) >= 11 is 0. The monoisotopic (exact) mass is 407 g/mol.